The molecule has 2 aromatic rings. The van der Waals surface area contributed by atoms with E-state index < -0.39 is 6.10 Å². The molecule has 1 aromatic carbocycles. The lowest BCUT2D eigenvalue weighted by molar-refractivity contribution is 0.147. The molecule has 1 heterocycles. The van der Waals surface area contributed by atoms with E-state index in [4.69, 9.17) is 4.42 Å². The van der Waals surface area contributed by atoms with Crippen molar-refractivity contribution in [3.8, 4) is 11.3 Å². The van der Waals surface area contributed by atoms with Crippen LogP contribution in [-0.2, 0) is 0 Å². The van der Waals surface area contributed by atoms with Gasteiger partial charge in [-0.25, -0.2) is 4.39 Å². The van der Waals surface area contributed by atoms with E-state index in [9.17, 15) is 9.50 Å². The average molecular weight is 299 g/mol. The van der Waals surface area contributed by atoms with Gasteiger partial charge in [0.2, 0.25) is 0 Å². The minimum atomic E-state index is -0.594. The molecule has 0 fully saturated rings. The SMILES string of the molecule is CCC(O)c1ccc(-c2ccc(F)cc2Br)o1. The van der Waals surface area contributed by atoms with Gasteiger partial charge in [0.1, 0.15) is 23.4 Å². The normalized spacial score (nSPS) is 12.7. The molecule has 0 saturated heterocycles. The van der Waals surface area contributed by atoms with E-state index in [1.165, 1.54) is 12.1 Å². The van der Waals surface area contributed by atoms with Crippen LogP contribution in [0.2, 0.25) is 0 Å². The molecule has 1 N–H and O–H groups in total. The Morgan fingerprint density at radius 3 is 2.76 bits per heavy atom. The van der Waals surface area contributed by atoms with E-state index >= 15 is 0 Å². The summed E-state index contributed by atoms with van der Waals surface area (Å²) in [5.74, 6) is 0.832. The summed E-state index contributed by atoms with van der Waals surface area (Å²) < 4.78 is 19.1. The van der Waals surface area contributed by atoms with Crippen LogP contribution in [-0.4, -0.2) is 5.11 Å². The number of halogens is 2. The maximum atomic E-state index is 13.0. The fourth-order valence-electron chi connectivity index (χ4n) is 1.57. The molecule has 0 radical (unpaired) electrons. The molecular weight excluding hydrogens is 287 g/mol. The van der Waals surface area contributed by atoms with E-state index in [2.05, 4.69) is 15.9 Å². The first-order valence-electron chi connectivity index (χ1n) is 5.35. The second-order valence-electron chi connectivity index (χ2n) is 3.75. The second-order valence-corrected chi connectivity index (χ2v) is 4.60. The lowest BCUT2D eigenvalue weighted by Gasteiger charge is -2.04. The highest BCUT2D eigenvalue weighted by atomic mass is 79.9. The molecule has 4 heteroatoms. The van der Waals surface area contributed by atoms with Crippen LogP contribution in [0.4, 0.5) is 4.39 Å². The van der Waals surface area contributed by atoms with Gasteiger partial charge in [-0.05, 0) is 52.7 Å². The van der Waals surface area contributed by atoms with E-state index in [0.717, 1.165) is 5.56 Å². The van der Waals surface area contributed by atoms with E-state index in [1.54, 1.807) is 18.2 Å². The van der Waals surface area contributed by atoms with Gasteiger partial charge >= 0.3 is 0 Å². The summed E-state index contributed by atoms with van der Waals surface area (Å²) in [5, 5.41) is 9.64. The minimum absolute atomic E-state index is 0.305. The van der Waals surface area contributed by atoms with Crippen molar-refractivity contribution < 1.29 is 13.9 Å². The maximum Gasteiger partial charge on any atom is 0.135 e. The first-order valence-corrected chi connectivity index (χ1v) is 6.14. The number of hydrogen-bond acceptors (Lipinski definition) is 2. The third kappa shape index (κ3) is 2.58. The summed E-state index contributed by atoms with van der Waals surface area (Å²) in [7, 11) is 0. The largest absolute Gasteiger partial charge is 0.458 e. The zero-order valence-electron chi connectivity index (χ0n) is 9.28. The van der Waals surface area contributed by atoms with Crippen LogP contribution in [0.5, 0.6) is 0 Å². The number of aliphatic hydroxyl groups is 1. The van der Waals surface area contributed by atoms with Crippen molar-refractivity contribution in [3.05, 3.63) is 46.4 Å². The van der Waals surface area contributed by atoms with Gasteiger partial charge in [0, 0.05) is 10.0 Å². The van der Waals surface area contributed by atoms with Crippen molar-refractivity contribution in [2.75, 3.05) is 0 Å². The molecule has 2 nitrogen and oxygen atoms in total. The van der Waals surface area contributed by atoms with Crippen molar-refractivity contribution in [3.63, 3.8) is 0 Å². The number of hydrogen-bond donors (Lipinski definition) is 1. The van der Waals surface area contributed by atoms with E-state index in [1.807, 2.05) is 6.92 Å². The molecule has 1 unspecified atom stereocenters. The van der Waals surface area contributed by atoms with Crippen molar-refractivity contribution in [1.82, 2.24) is 0 Å². The van der Waals surface area contributed by atoms with Crippen LogP contribution in [0.3, 0.4) is 0 Å². The lowest BCUT2D eigenvalue weighted by Crippen LogP contribution is -1.91. The highest BCUT2D eigenvalue weighted by molar-refractivity contribution is 9.10. The van der Waals surface area contributed by atoms with Gasteiger partial charge in [-0.15, -0.1) is 0 Å². The van der Waals surface area contributed by atoms with Crippen LogP contribution in [0, 0.1) is 5.82 Å². The summed E-state index contributed by atoms with van der Waals surface area (Å²) in [6, 6.07) is 7.90. The lowest BCUT2D eigenvalue weighted by atomic mass is 10.2. The number of benzene rings is 1. The molecule has 0 saturated carbocycles. The van der Waals surface area contributed by atoms with E-state index in [0.29, 0.717) is 22.4 Å². The molecule has 17 heavy (non-hydrogen) atoms. The third-order valence-corrected chi connectivity index (χ3v) is 3.19. The summed E-state index contributed by atoms with van der Waals surface area (Å²) in [6.45, 7) is 1.88. The highest BCUT2D eigenvalue weighted by Crippen LogP contribution is 2.32. The molecule has 0 spiro atoms. The number of rotatable bonds is 3. The first kappa shape index (κ1) is 12.3. The zero-order valence-corrected chi connectivity index (χ0v) is 10.9. The Balaban J connectivity index is 2.37. The third-order valence-electron chi connectivity index (χ3n) is 2.54. The standard InChI is InChI=1S/C13H12BrFO2/c1-2-11(16)13-6-5-12(17-13)9-4-3-8(15)7-10(9)14/h3-7,11,16H,2H2,1H3. The highest BCUT2D eigenvalue weighted by Gasteiger charge is 2.13. The van der Waals surface area contributed by atoms with Crippen LogP contribution < -0.4 is 0 Å². The van der Waals surface area contributed by atoms with Gasteiger partial charge in [0.25, 0.3) is 0 Å². The van der Waals surface area contributed by atoms with E-state index in [-0.39, 0.29) is 5.82 Å². The Hall–Kier alpha value is -1.13. The summed E-state index contributed by atoms with van der Waals surface area (Å²) in [4.78, 5) is 0. The predicted molar refractivity (Wildman–Crippen MR) is 67.1 cm³/mol. The number of furan rings is 1. The summed E-state index contributed by atoms with van der Waals surface area (Å²) in [5.41, 5.74) is 0.765. The molecule has 2 rings (SSSR count). The van der Waals surface area contributed by atoms with Gasteiger partial charge in [0.15, 0.2) is 0 Å². The topological polar surface area (TPSA) is 33.4 Å². The van der Waals surface area contributed by atoms with Crippen LogP contribution >= 0.6 is 15.9 Å². The first-order chi connectivity index (χ1) is 8.11. The van der Waals surface area contributed by atoms with Gasteiger partial charge in [0.05, 0.1) is 0 Å². The van der Waals surface area contributed by atoms with Gasteiger partial charge in [-0.3, -0.25) is 0 Å². The minimum Gasteiger partial charge on any atom is -0.458 e. The van der Waals surface area contributed by atoms with Crippen LogP contribution in [0.15, 0.2) is 39.2 Å². The van der Waals surface area contributed by atoms with Gasteiger partial charge < -0.3 is 9.52 Å². The van der Waals surface area contributed by atoms with Crippen molar-refractivity contribution in [2.45, 2.75) is 19.4 Å². The number of aliphatic hydroxyl groups excluding tert-OH is 1. The van der Waals surface area contributed by atoms with Crippen molar-refractivity contribution >= 4 is 15.9 Å². The smallest absolute Gasteiger partial charge is 0.135 e. The van der Waals surface area contributed by atoms with Crippen LogP contribution in [0.1, 0.15) is 25.2 Å². The molecular formula is C13H12BrFO2. The molecule has 1 aromatic heterocycles. The molecule has 0 bridgehead atoms. The predicted octanol–water partition coefficient (Wildman–Crippen LogP) is 4.29. The molecule has 0 aliphatic carbocycles. The van der Waals surface area contributed by atoms with Crippen molar-refractivity contribution in [1.29, 1.82) is 0 Å². The Morgan fingerprint density at radius 1 is 1.35 bits per heavy atom. The molecule has 0 aliphatic rings. The quantitative estimate of drug-likeness (QED) is 0.917. The Kier molecular flexibility index (Phi) is 3.64. The molecule has 1 atom stereocenters. The van der Waals surface area contributed by atoms with Crippen molar-refractivity contribution in [2.24, 2.45) is 0 Å². The van der Waals surface area contributed by atoms with Gasteiger partial charge in [-0.1, -0.05) is 6.92 Å². The Morgan fingerprint density at radius 2 is 2.12 bits per heavy atom. The van der Waals surface area contributed by atoms with Crippen LogP contribution in [0.25, 0.3) is 11.3 Å². The fourth-order valence-corrected chi connectivity index (χ4v) is 2.11. The summed E-state index contributed by atoms with van der Waals surface area (Å²) >= 11 is 3.28. The average Bonchev–Trinajstić information content (AvgIpc) is 2.77. The molecule has 90 valence electrons. The second kappa shape index (κ2) is 5.02. The maximum absolute atomic E-state index is 13.0. The summed E-state index contributed by atoms with van der Waals surface area (Å²) in [6.07, 6.45) is 0.000314. The Bertz CT molecular complexity index is 522. The Labute approximate surface area is 107 Å². The molecule has 0 aliphatic heterocycles. The monoisotopic (exact) mass is 298 g/mol. The van der Waals surface area contributed by atoms with Gasteiger partial charge in [-0.2, -0.15) is 0 Å². The zero-order chi connectivity index (χ0) is 12.4. The fraction of sp³-hybridized carbons (Fsp3) is 0.231. The molecule has 0 amide bonds.